The molecule has 0 radical (unpaired) electrons. The molecule has 0 aromatic heterocycles. The van der Waals surface area contributed by atoms with Crippen LogP contribution in [0.1, 0.15) is 5.56 Å². The van der Waals surface area contributed by atoms with Crippen molar-refractivity contribution < 1.29 is 17.3 Å². The number of rotatable bonds is 3. The van der Waals surface area contributed by atoms with Gasteiger partial charge >= 0.3 is 0 Å². The van der Waals surface area contributed by atoms with Crippen LogP contribution >= 0.6 is 0 Å². The standard InChI is InChI=1S/C15H11FO3S/c16-15-12-7-3-1-5-10(12)14(9-19-20(17)18)11-6-2-4-8-13(11)15/h1-8H,9H2,(H,17,18)/p-1. The third-order valence-corrected chi connectivity index (χ3v) is 3.59. The van der Waals surface area contributed by atoms with Crippen molar-refractivity contribution in [3.8, 4) is 0 Å². The maximum atomic E-state index is 14.5. The summed E-state index contributed by atoms with van der Waals surface area (Å²) >= 11 is -2.60. The first kappa shape index (κ1) is 13.2. The number of hydrogen-bond acceptors (Lipinski definition) is 3. The van der Waals surface area contributed by atoms with Gasteiger partial charge in [-0.2, -0.15) is 0 Å². The molecule has 1 atom stereocenters. The van der Waals surface area contributed by atoms with E-state index < -0.39 is 11.4 Å². The number of halogens is 1. The summed E-state index contributed by atoms with van der Waals surface area (Å²) < 4.78 is 40.4. The fourth-order valence-electron chi connectivity index (χ4n) is 2.43. The summed E-state index contributed by atoms with van der Waals surface area (Å²) in [6, 6.07) is 13.9. The van der Waals surface area contributed by atoms with E-state index >= 15 is 0 Å². The lowest BCUT2D eigenvalue weighted by Gasteiger charge is -2.13. The van der Waals surface area contributed by atoms with Gasteiger partial charge in [-0.15, -0.1) is 0 Å². The average Bonchev–Trinajstić information content (AvgIpc) is 2.47. The summed E-state index contributed by atoms with van der Waals surface area (Å²) in [5.41, 5.74) is 0.668. The zero-order valence-electron chi connectivity index (χ0n) is 10.3. The second-order valence-corrected chi connectivity index (χ2v) is 4.99. The molecule has 5 heteroatoms. The summed E-state index contributed by atoms with van der Waals surface area (Å²) in [5, 5.41) is 2.24. The maximum absolute atomic E-state index is 14.5. The van der Waals surface area contributed by atoms with E-state index in [0.717, 1.165) is 0 Å². The normalized spacial score (nSPS) is 12.9. The minimum Gasteiger partial charge on any atom is -0.750 e. The minimum atomic E-state index is -2.60. The minimum absolute atomic E-state index is 0.114. The SMILES string of the molecule is O=S([O-])OCc1c2ccccc2c(F)c2ccccc12. The van der Waals surface area contributed by atoms with Crippen LogP contribution in [-0.2, 0) is 22.2 Å². The van der Waals surface area contributed by atoms with E-state index in [9.17, 15) is 13.2 Å². The molecule has 0 aliphatic heterocycles. The molecule has 0 aliphatic rings. The van der Waals surface area contributed by atoms with Crippen LogP contribution in [0.4, 0.5) is 4.39 Å². The van der Waals surface area contributed by atoms with Gasteiger partial charge in [0, 0.05) is 10.8 Å². The molecule has 0 saturated heterocycles. The molecule has 3 aromatic rings. The van der Waals surface area contributed by atoms with Crippen molar-refractivity contribution in [3.63, 3.8) is 0 Å². The average molecular weight is 289 g/mol. The van der Waals surface area contributed by atoms with Gasteiger partial charge in [0.05, 0.1) is 18.0 Å². The lowest BCUT2D eigenvalue weighted by molar-refractivity contribution is 0.293. The lowest BCUT2D eigenvalue weighted by atomic mass is 9.96. The summed E-state index contributed by atoms with van der Waals surface area (Å²) in [7, 11) is 0. The van der Waals surface area contributed by atoms with Crippen molar-refractivity contribution in [1.29, 1.82) is 0 Å². The van der Waals surface area contributed by atoms with Crippen LogP contribution in [0.2, 0.25) is 0 Å². The highest BCUT2D eigenvalue weighted by Gasteiger charge is 2.13. The molecule has 3 nitrogen and oxygen atoms in total. The molecule has 0 heterocycles. The molecule has 0 spiro atoms. The third-order valence-electron chi connectivity index (χ3n) is 3.28. The Morgan fingerprint density at radius 3 is 1.85 bits per heavy atom. The molecule has 0 bridgehead atoms. The van der Waals surface area contributed by atoms with E-state index in [-0.39, 0.29) is 12.4 Å². The quantitative estimate of drug-likeness (QED) is 0.548. The molecule has 0 saturated carbocycles. The molecule has 20 heavy (non-hydrogen) atoms. The zero-order chi connectivity index (χ0) is 14.1. The third kappa shape index (κ3) is 2.20. The first-order chi connectivity index (χ1) is 9.68. The Hall–Kier alpha value is -1.82. The molecule has 1 unspecified atom stereocenters. The summed E-state index contributed by atoms with van der Waals surface area (Å²) in [4.78, 5) is 0. The molecule has 0 aliphatic carbocycles. The van der Waals surface area contributed by atoms with Gasteiger partial charge in [-0.3, -0.25) is 4.18 Å². The van der Waals surface area contributed by atoms with E-state index in [1.165, 1.54) is 0 Å². The Balaban J connectivity index is 2.37. The van der Waals surface area contributed by atoms with Gasteiger partial charge in [0.2, 0.25) is 0 Å². The fourth-order valence-corrected chi connectivity index (χ4v) is 2.64. The van der Waals surface area contributed by atoms with E-state index in [1.807, 2.05) is 0 Å². The van der Waals surface area contributed by atoms with Crippen molar-refractivity contribution in [1.82, 2.24) is 0 Å². The number of benzene rings is 3. The molecule has 102 valence electrons. The molecular weight excluding hydrogens is 279 g/mol. The van der Waals surface area contributed by atoms with Crippen molar-refractivity contribution in [2.24, 2.45) is 0 Å². The summed E-state index contributed by atoms with van der Waals surface area (Å²) in [5.74, 6) is -0.303. The van der Waals surface area contributed by atoms with E-state index in [1.54, 1.807) is 48.5 Å². The van der Waals surface area contributed by atoms with Gasteiger partial charge in [0.1, 0.15) is 5.82 Å². The van der Waals surface area contributed by atoms with Crippen LogP contribution in [-0.4, -0.2) is 8.76 Å². The van der Waals surface area contributed by atoms with Gasteiger partial charge in [-0.05, 0) is 16.3 Å². The highest BCUT2D eigenvalue weighted by molar-refractivity contribution is 7.74. The number of fused-ring (bicyclic) bond motifs is 2. The Kier molecular flexibility index (Phi) is 3.48. The second kappa shape index (κ2) is 5.28. The Labute approximate surface area is 117 Å². The first-order valence-electron chi connectivity index (χ1n) is 5.99. The monoisotopic (exact) mass is 289 g/mol. The van der Waals surface area contributed by atoms with Crippen molar-refractivity contribution in [2.75, 3.05) is 0 Å². The first-order valence-corrected chi connectivity index (χ1v) is 6.99. The lowest BCUT2D eigenvalue weighted by Crippen LogP contribution is -1.99. The molecule has 0 N–H and O–H groups in total. The highest BCUT2D eigenvalue weighted by Crippen LogP contribution is 2.32. The van der Waals surface area contributed by atoms with E-state index in [2.05, 4.69) is 4.18 Å². The molecule has 3 rings (SSSR count). The van der Waals surface area contributed by atoms with Crippen molar-refractivity contribution in [2.45, 2.75) is 6.61 Å². The van der Waals surface area contributed by atoms with Gasteiger partial charge < -0.3 is 4.55 Å². The highest BCUT2D eigenvalue weighted by atomic mass is 32.2. The Bertz CT molecular complexity index is 760. The maximum Gasteiger partial charge on any atom is 0.138 e. The van der Waals surface area contributed by atoms with Gasteiger partial charge in [0.15, 0.2) is 0 Å². The van der Waals surface area contributed by atoms with Crippen molar-refractivity contribution >= 4 is 32.9 Å². The van der Waals surface area contributed by atoms with Crippen LogP contribution in [0.15, 0.2) is 48.5 Å². The van der Waals surface area contributed by atoms with Crippen LogP contribution in [0, 0.1) is 5.82 Å². The topological polar surface area (TPSA) is 49.4 Å². The van der Waals surface area contributed by atoms with Gasteiger partial charge in [0.25, 0.3) is 0 Å². The van der Waals surface area contributed by atoms with Crippen LogP contribution in [0.3, 0.4) is 0 Å². The Morgan fingerprint density at radius 1 is 0.950 bits per heavy atom. The van der Waals surface area contributed by atoms with E-state index in [4.69, 9.17) is 0 Å². The van der Waals surface area contributed by atoms with Crippen LogP contribution in [0.25, 0.3) is 21.5 Å². The summed E-state index contributed by atoms with van der Waals surface area (Å²) in [6.45, 7) is -0.114. The van der Waals surface area contributed by atoms with Crippen LogP contribution < -0.4 is 0 Å². The predicted molar refractivity (Wildman–Crippen MR) is 75.1 cm³/mol. The van der Waals surface area contributed by atoms with E-state index in [0.29, 0.717) is 27.1 Å². The summed E-state index contributed by atoms with van der Waals surface area (Å²) in [6.07, 6.45) is 0. The second-order valence-electron chi connectivity index (χ2n) is 4.35. The smallest absolute Gasteiger partial charge is 0.138 e. The van der Waals surface area contributed by atoms with Gasteiger partial charge in [-0.1, -0.05) is 48.5 Å². The molecule has 0 amide bonds. The van der Waals surface area contributed by atoms with Crippen molar-refractivity contribution in [3.05, 3.63) is 59.9 Å². The largest absolute Gasteiger partial charge is 0.750 e. The molecular formula is C15H10FO3S-. The predicted octanol–water partition coefficient (Wildman–Crippen LogP) is 3.44. The Morgan fingerprint density at radius 2 is 1.40 bits per heavy atom. The van der Waals surface area contributed by atoms with Gasteiger partial charge in [-0.25, -0.2) is 8.60 Å². The zero-order valence-corrected chi connectivity index (χ0v) is 11.2. The number of hydrogen-bond donors (Lipinski definition) is 0. The molecule has 3 aromatic carbocycles. The van der Waals surface area contributed by atoms with Crippen LogP contribution in [0.5, 0.6) is 0 Å². The fraction of sp³-hybridized carbons (Fsp3) is 0.0667. The molecule has 0 fully saturated rings.